The fourth-order valence-corrected chi connectivity index (χ4v) is 5.26. The van der Waals surface area contributed by atoms with Gasteiger partial charge in [0.15, 0.2) is 0 Å². The number of fused-ring (bicyclic) bond motifs is 1. The molecule has 2 aliphatic heterocycles. The Kier molecular flexibility index (Phi) is 6.13. The molecule has 0 aliphatic carbocycles. The number of anilines is 1. The first-order chi connectivity index (χ1) is 12.9. The SMILES string of the molecule is O=C(O)CNCC1CCCN(S(=O)(=O)c2ccc3c(c2)CCCC(=O)N3)C1. The van der Waals surface area contributed by atoms with E-state index >= 15 is 0 Å². The maximum atomic E-state index is 13.1. The average Bonchev–Trinajstić information content (AvgIpc) is 2.81. The minimum atomic E-state index is -3.62. The number of sulfonamides is 1. The first-order valence-corrected chi connectivity index (χ1v) is 10.7. The number of carbonyl (C=O) groups is 2. The van der Waals surface area contributed by atoms with Crippen LogP contribution in [0.4, 0.5) is 5.69 Å². The summed E-state index contributed by atoms with van der Waals surface area (Å²) >= 11 is 0. The topological polar surface area (TPSA) is 116 Å². The number of hydrogen-bond donors (Lipinski definition) is 3. The molecule has 1 aromatic carbocycles. The van der Waals surface area contributed by atoms with Gasteiger partial charge in [-0.15, -0.1) is 0 Å². The summed E-state index contributed by atoms with van der Waals surface area (Å²) in [7, 11) is -3.62. The van der Waals surface area contributed by atoms with E-state index in [1.807, 2.05) is 0 Å². The molecule has 0 bridgehead atoms. The van der Waals surface area contributed by atoms with E-state index in [1.165, 1.54) is 4.31 Å². The standard InChI is InChI=1S/C18H25N3O5S/c22-17-5-1-4-14-9-15(6-7-16(14)20-17)27(25,26)21-8-2-3-13(12-21)10-19-11-18(23)24/h6-7,9,13,19H,1-5,8,10-12H2,(H,20,22)(H,23,24). The molecule has 1 saturated heterocycles. The second-order valence-electron chi connectivity index (χ2n) is 7.12. The zero-order valence-electron chi connectivity index (χ0n) is 15.1. The van der Waals surface area contributed by atoms with Crippen molar-refractivity contribution >= 4 is 27.6 Å². The van der Waals surface area contributed by atoms with E-state index < -0.39 is 16.0 Å². The Morgan fingerprint density at radius 2 is 2.11 bits per heavy atom. The number of nitrogens with one attached hydrogen (secondary N) is 2. The molecule has 0 spiro atoms. The predicted molar refractivity (Wildman–Crippen MR) is 100.0 cm³/mol. The van der Waals surface area contributed by atoms with E-state index in [0.29, 0.717) is 44.6 Å². The van der Waals surface area contributed by atoms with Crippen LogP contribution in [-0.4, -0.2) is 55.9 Å². The molecular formula is C18H25N3O5S. The molecule has 0 radical (unpaired) electrons. The third-order valence-corrected chi connectivity index (χ3v) is 6.89. The van der Waals surface area contributed by atoms with Crippen LogP contribution in [0.3, 0.4) is 0 Å². The molecule has 1 unspecified atom stereocenters. The summed E-state index contributed by atoms with van der Waals surface area (Å²) < 4.78 is 27.6. The molecule has 9 heteroatoms. The van der Waals surface area contributed by atoms with Crippen molar-refractivity contribution in [3.8, 4) is 0 Å². The van der Waals surface area contributed by atoms with Crippen molar-refractivity contribution in [1.82, 2.24) is 9.62 Å². The van der Waals surface area contributed by atoms with Crippen molar-refractivity contribution in [1.29, 1.82) is 0 Å². The van der Waals surface area contributed by atoms with Crippen LogP contribution in [0.5, 0.6) is 0 Å². The van der Waals surface area contributed by atoms with Gasteiger partial charge in [-0.05, 0) is 61.9 Å². The number of nitrogens with zero attached hydrogens (tertiary/aromatic N) is 1. The second kappa shape index (κ2) is 8.37. The number of carbonyl (C=O) groups excluding carboxylic acids is 1. The Hall–Kier alpha value is -1.97. The van der Waals surface area contributed by atoms with E-state index in [9.17, 15) is 18.0 Å². The highest BCUT2D eigenvalue weighted by Gasteiger charge is 2.30. The Balaban J connectivity index is 1.73. The summed E-state index contributed by atoms with van der Waals surface area (Å²) in [5.74, 6) is -0.877. The summed E-state index contributed by atoms with van der Waals surface area (Å²) in [6.45, 7) is 1.20. The lowest BCUT2D eigenvalue weighted by Gasteiger charge is -2.32. The Bertz CT molecular complexity index is 824. The van der Waals surface area contributed by atoms with E-state index in [0.717, 1.165) is 18.4 Å². The molecule has 8 nitrogen and oxygen atoms in total. The van der Waals surface area contributed by atoms with E-state index in [1.54, 1.807) is 18.2 Å². The largest absolute Gasteiger partial charge is 0.480 e. The summed E-state index contributed by atoms with van der Waals surface area (Å²) in [6.07, 6.45) is 3.42. The normalized spacial score (nSPS) is 21.2. The zero-order valence-corrected chi connectivity index (χ0v) is 15.9. The minimum absolute atomic E-state index is 0.0444. The summed E-state index contributed by atoms with van der Waals surface area (Å²) in [4.78, 5) is 22.5. The second-order valence-corrected chi connectivity index (χ2v) is 9.05. The summed E-state index contributed by atoms with van der Waals surface area (Å²) in [5.41, 5.74) is 1.53. The maximum absolute atomic E-state index is 13.1. The monoisotopic (exact) mass is 395 g/mol. The molecule has 1 amide bonds. The van der Waals surface area contributed by atoms with Crippen LogP contribution < -0.4 is 10.6 Å². The van der Waals surface area contributed by atoms with Gasteiger partial charge >= 0.3 is 5.97 Å². The molecule has 0 saturated carbocycles. The van der Waals surface area contributed by atoms with Gasteiger partial charge in [-0.25, -0.2) is 8.42 Å². The highest BCUT2D eigenvalue weighted by molar-refractivity contribution is 7.89. The number of rotatable bonds is 6. The quantitative estimate of drug-likeness (QED) is 0.663. The number of piperidine rings is 1. The molecule has 3 N–H and O–H groups in total. The Morgan fingerprint density at radius 3 is 2.89 bits per heavy atom. The highest BCUT2D eigenvalue weighted by Crippen LogP contribution is 2.28. The molecule has 148 valence electrons. The molecule has 1 atom stereocenters. The van der Waals surface area contributed by atoms with Gasteiger partial charge in [-0.1, -0.05) is 0 Å². The van der Waals surface area contributed by atoms with Crippen molar-refractivity contribution in [2.24, 2.45) is 5.92 Å². The third kappa shape index (κ3) is 4.85. The number of carboxylic acids is 1. The van der Waals surface area contributed by atoms with E-state index in [2.05, 4.69) is 10.6 Å². The van der Waals surface area contributed by atoms with Crippen LogP contribution >= 0.6 is 0 Å². The maximum Gasteiger partial charge on any atom is 0.317 e. The minimum Gasteiger partial charge on any atom is -0.480 e. The number of aliphatic carboxylic acids is 1. The van der Waals surface area contributed by atoms with E-state index in [-0.39, 0.29) is 23.3 Å². The molecule has 1 fully saturated rings. The highest BCUT2D eigenvalue weighted by atomic mass is 32.2. The van der Waals surface area contributed by atoms with Gasteiger partial charge in [0.05, 0.1) is 11.4 Å². The van der Waals surface area contributed by atoms with Gasteiger partial charge in [0.25, 0.3) is 0 Å². The smallest absolute Gasteiger partial charge is 0.317 e. The molecule has 0 aromatic heterocycles. The Morgan fingerprint density at radius 1 is 1.30 bits per heavy atom. The average molecular weight is 395 g/mol. The van der Waals surface area contributed by atoms with Crippen molar-refractivity contribution in [3.63, 3.8) is 0 Å². The Labute approximate surface area is 159 Å². The number of benzene rings is 1. The van der Waals surface area contributed by atoms with Gasteiger partial charge in [0.2, 0.25) is 15.9 Å². The lowest BCUT2D eigenvalue weighted by Crippen LogP contribution is -2.43. The van der Waals surface area contributed by atoms with Gasteiger partial charge < -0.3 is 15.7 Å². The van der Waals surface area contributed by atoms with Gasteiger partial charge in [0, 0.05) is 25.2 Å². The third-order valence-electron chi connectivity index (χ3n) is 5.03. The van der Waals surface area contributed by atoms with Crippen molar-refractivity contribution < 1.29 is 23.1 Å². The lowest BCUT2D eigenvalue weighted by molar-refractivity contribution is -0.136. The van der Waals surface area contributed by atoms with Crippen LogP contribution in [-0.2, 0) is 26.0 Å². The van der Waals surface area contributed by atoms with Crippen LogP contribution in [0.25, 0.3) is 0 Å². The van der Waals surface area contributed by atoms with Crippen molar-refractivity contribution in [2.45, 2.75) is 37.0 Å². The molecule has 3 rings (SSSR count). The fraction of sp³-hybridized carbons (Fsp3) is 0.556. The molecule has 27 heavy (non-hydrogen) atoms. The zero-order chi connectivity index (χ0) is 19.4. The van der Waals surface area contributed by atoms with Crippen LogP contribution in [0.2, 0.25) is 0 Å². The van der Waals surface area contributed by atoms with Gasteiger partial charge in [0.1, 0.15) is 0 Å². The molecule has 2 aliphatic rings. The first-order valence-electron chi connectivity index (χ1n) is 9.21. The predicted octanol–water partition coefficient (Wildman–Crippen LogP) is 1.04. The molecule has 2 heterocycles. The number of hydrogen-bond acceptors (Lipinski definition) is 5. The van der Waals surface area contributed by atoms with Crippen molar-refractivity contribution in [2.75, 3.05) is 31.5 Å². The first kappa shape index (κ1) is 19.8. The van der Waals surface area contributed by atoms with Crippen LogP contribution in [0, 0.1) is 5.92 Å². The molecule has 1 aromatic rings. The fourth-order valence-electron chi connectivity index (χ4n) is 3.66. The number of carboxylic acid groups (broad SMARTS) is 1. The number of amides is 1. The summed E-state index contributed by atoms with van der Waals surface area (Å²) in [5, 5.41) is 14.4. The number of aryl methyl sites for hydroxylation is 1. The molecular weight excluding hydrogens is 370 g/mol. The van der Waals surface area contributed by atoms with Gasteiger partial charge in [-0.2, -0.15) is 4.31 Å². The lowest BCUT2D eigenvalue weighted by atomic mass is 10.00. The summed E-state index contributed by atoms with van der Waals surface area (Å²) in [6, 6.07) is 4.88. The van der Waals surface area contributed by atoms with Crippen LogP contribution in [0.1, 0.15) is 31.2 Å². The van der Waals surface area contributed by atoms with Crippen LogP contribution in [0.15, 0.2) is 23.1 Å². The van der Waals surface area contributed by atoms with E-state index in [4.69, 9.17) is 5.11 Å². The van der Waals surface area contributed by atoms with Crippen molar-refractivity contribution in [3.05, 3.63) is 23.8 Å². The van der Waals surface area contributed by atoms with Gasteiger partial charge in [-0.3, -0.25) is 9.59 Å².